The van der Waals surface area contributed by atoms with E-state index in [0.29, 0.717) is 17.7 Å². The number of sulfonamides is 1. The van der Waals surface area contributed by atoms with Crippen LogP contribution in [0, 0.1) is 19.8 Å². The minimum Gasteiger partial charge on any atom is -0.475 e. The lowest BCUT2D eigenvalue weighted by Crippen LogP contribution is -2.42. The van der Waals surface area contributed by atoms with Crippen LogP contribution in [0.4, 0.5) is 10.7 Å². The minimum absolute atomic E-state index is 0.0360. The maximum atomic E-state index is 13.2. The fourth-order valence-electron chi connectivity index (χ4n) is 4.28. The van der Waals surface area contributed by atoms with E-state index in [1.54, 1.807) is 39.0 Å². The maximum Gasteiger partial charge on any atom is 0.407 e. The van der Waals surface area contributed by atoms with Crippen molar-refractivity contribution in [1.82, 2.24) is 15.3 Å². The van der Waals surface area contributed by atoms with Crippen molar-refractivity contribution >= 4 is 22.1 Å². The standard InChI is InChI=1S/C30H40N4O6S/c1-19(2)14-23(31-29(36)40-30(5,6)7)18-39-26-16-25(27-20(3)10-8-11-21(27)4)32-28(33-26)34-41(37,38)24-13-9-12-22(15-24)17-35/h8-13,15-16,19,23,35H,14,17-18H2,1-7H3,(H,31,36)(H,32,33,34)/t23-/m1/s1. The number of aryl methyl sites for hydroxylation is 2. The molecule has 0 fully saturated rings. The first-order valence-electron chi connectivity index (χ1n) is 13.5. The first kappa shape index (κ1) is 31.8. The summed E-state index contributed by atoms with van der Waals surface area (Å²) in [5.41, 5.74) is 3.01. The predicted octanol–water partition coefficient (Wildman–Crippen LogP) is 5.37. The number of aliphatic hydroxyl groups is 1. The Morgan fingerprint density at radius 2 is 1.68 bits per heavy atom. The molecule has 41 heavy (non-hydrogen) atoms. The fourth-order valence-corrected chi connectivity index (χ4v) is 5.29. The molecular weight excluding hydrogens is 544 g/mol. The van der Waals surface area contributed by atoms with Gasteiger partial charge in [-0.2, -0.15) is 4.98 Å². The number of nitrogens with one attached hydrogen (secondary N) is 2. The van der Waals surface area contributed by atoms with Gasteiger partial charge in [0, 0.05) is 11.6 Å². The summed E-state index contributed by atoms with van der Waals surface area (Å²) in [5.74, 6) is 0.223. The molecule has 0 bridgehead atoms. The molecule has 10 nitrogen and oxygen atoms in total. The van der Waals surface area contributed by atoms with Crippen LogP contribution < -0.4 is 14.8 Å². The van der Waals surface area contributed by atoms with Gasteiger partial charge >= 0.3 is 6.09 Å². The Bertz CT molecular complexity index is 1450. The van der Waals surface area contributed by atoms with Crippen LogP contribution in [0.2, 0.25) is 0 Å². The topological polar surface area (TPSA) is 140 Å². The van der Waals surface area contributed by atoms with E-state index in [4.69, 9.17) is 9.47 Å². The number of hydrogen-bond donors (Lipinski definition) is 3. The zero-order valence-electron chi connectivity index (χ0n) is 24.7. The number of nitrogens with zero attached hydrogens (tertiary/aromatic N) is 2. The smallest absolute Gasteiger partial charge is 0.407 e. The molecule has 1 aromatic heterocycles. The Hall–Kier alpha value is -3.70. The first-order chi connectivity index (χ1) is 19.2. The van der Waals surface area contributed by atoms with Gasteiger partial charge in [0.1, 0.15) is 12.2 Å². The summed E-state index contributed by atoms with van der Waals surface area (Å²) in [6.07, 6.45) is 0.0682. The van der Waals surface area contributed by atoms with E-state index >= 15 is 0 Å². The van der Waals surface area contributed by atoms with Gasteiger partial charge in [0.25, 0.3) is 10.0 Å². The Balaban J connectivity index is 1.96. The lowest BCUT2D eigenvalue weighted by molar-refractivity contribution is 0.0479. The molecule has 0 aliphatic carbocycles. The SMILES string of the molecule is Cc1cccc(C)c1-c1cc(OC[C@@H](CC(C)C)NC(=O)OC(C)(C)C)nc(NS(=O)(=O)c2cccc(CO)c2)n1. The number of rotatable bonds is 11. The molecule has 1 amide bonds. The van der Waals surface area contributed by atoms with Gasteiger partial charge in [-0.1, -0.05) is 44.2 Å². The number of anilines is 1. The molecule has 0 radical (unpaired) electrons. The van der Waals surface area contributed by atoms with Crippen LogP contribution in [0.3, 0.4) is 0 Å². The molecule has 1 atom stereocenters. The third kappa shape index (κ3) is 9.43. The van der Waals surface area contributed by atoms with E-state index in [9.17, 15) is 18.3 Å². The Kier molecular flexibility index (Phi) is 10.3. The van der Waals surface area contributed by atoms with Gasteiger partial charge in [-0.25, -0.2) is 22.9 Å². The second kappa shape index (κ2) is 13.3. The van der Waals surface area contributed by atoms with E-state index in [1.165, 1.54) is 12.1 Å². The van der Waals surface area contributed by atoms with E-state index in [2.05, 4.69) is 20.0 Å². The molecule has 222 valence electrons. The molecule has 3 N–H and O–H groups in total. The lowest BCUT2D eigenvalue weighted by Gasteiger charge is -2.24. The second-order valence-corrected chi connectivity index (χ2v) is 13.1. The zero-order chi connectivity index (χ0) is 30.4. The molecule has 0 spiro atoms. The molecule has 1 heterocycles. The van der Waals surface area contributed by atoms with Crippen LogP contribution >= 0.6 is 0 Å². The van der Waals surface area contributed by atoms with Crippen molar-refractivity contribution in [1.29, 1.82) is 0 Å². The average molecular weight is 585 g/mol. The van der Waals surface area contributed by atoms with Crippen LogP contribution in [0.5, 0.6) is 5.88 Å². The summed E-state index contributed by atoms with van der Waals surface area (Å²) in [7, 11) is -4.08. The molecule has 0 aliphatic heterocycles. The molecule has 0 unspecified atom stereocenters. The van der Waals surface area contributed by atoms with Crippen LogP contribution in [-0.2, 0) is 21.4 Å². The van der Waals surface area contributed by atoms with Crippen molar-refractivity contribution in [3.05, 3.63) is 65.2 Å². The minimum atomic E-state index is -4.08. The van der Waals surface area contributed by atoms with Gasteiger partial charge in [-0.05, 0) is 75.8 Å². The molecular formula is C30H40N4O6S. The highest BCUT2D eigenvalue weighted by molar-refractivity contribution is 7.92. The van der Waals surface area contributed by atoms with Crippen molar-refractivity contribution in [2.24, 2.45) is 5.92 Å². The van der Waals surface area contributed by atoms with Gasteiger partial charge in [0.2, 0.25) is 11.8 Å². The van der Waals surface area contributed by atoms with E-state index in [-0.39, 0.29) is 41.9 Å². The highest BCUT2D eigenvalue weighted by Gasteiger charge is 2.23. The first-order valence-corrected chi connectivity index (χ1v) is 15.0. The molecule has 0 saturated carbocycles. The number of carbonyl (C=O) groups excluding carboxylic acids is 1. The third-order valence-corrected chi connectivity index (χ3v) is 7.29. The number of benzene rings is 2. The number of hydrogen-bond acceptors (Lipinski definition) is 8. The van der Waals surface area contributed by atoms with E-state index < -0.39 is 21.7 Å². The maximum absolute atomic E-state index is 13.2. The van der Waals surface area contributed by atoms with Crippen molar-refractivity contribution in [2.45, 2.75) is 78.0 Å². The van der Waals surface area contributed by atoms with E-state index in [1.807, 2.05) is 45.9 Å². The van der Waals surface area contributed by atoms with Gasteiger partial charge < -0.3 is 19.9 Å². The van der Waals surface area contributed by atoms with Gasteiger partial charge in [0.05, 0.1) is 23.2 Å². The molecule has 3 aromatic rings. The Morgan fingerprint density at radius 3 is 2.29 bits per heavy atom. The number of aliphatic hydroxyl groups excluding tert-OH is 1. The largest absolute Gasteiger partial charge is 0.475 e. The number of alkyl carbamates (subject to hydrolysis) is 1. The summed E-state index contributed by atoms with van der Waals surface area (Å²) in [4.78, 5) is 21.3. The molecule has 3 rings (SSSR count). The second-order valence-electron chi connectivity index (χ2n) is 11.4. The number of amides is 1. The van der Waals surface area contributed by atoms with Crippen molar-refractivity contribution in [3.63, 3.8) is 0 Å². The van der Waals surface area contributed by atoms with Gasteiger partial charge in [-0.3, -0.25) is 0 Å². The summed E-state index contributed by atoms with van der Waals surface area (Å²) < 4.78 is 40.3. The van der Waals surface area contributed by atoms with Gasteiger partial charge in [0.15, 0.2) is 0 Å². The zero-order valence-corrected chi connectivity index (χ0v) is 25.5. The Labute approximate surface area is 242 Å². The molecule has 0 aliphatic rings. The van der Waals surface area contributed by atoms with Crippen LogP contribution in [0.15, 0.2) is 53.4 Å². The average Bonchev–Trinajstić information content (AvgIpc) is 2.85. The Morgan fingerprint density at radius 1 is 1.02 bits per heavy atom. The predicted molar refractivity (Wildman–Crippen MR) is 158 cm³/mol. The van der Waals surface area contributed by atoms with Crippen molar-refractivity contribution < 1.29 is 27.8 Å². The molecule has 11 heteroatoms. The van der Waals surface area contributed by atoms with Crippen LogP contribution in [0.1, 0.15) is 57.7 Å². The summed E-state index contributed by atoms with van der Waals surface area (Å²) in [6, 6.07) is 13.1. The number of carbonyl (C=O) groups is 1. The van der Waals surface area contributed by atoms with Crippen molar-refractivity contribution in [3.8, 4) is 17.1 Å². The van der Waals surface area contributed by atoms with Crippen molar-refractivity contribution in [2.75, 3.05) is 11.3 Å². The monoisotopic (exact) mass is 584 g/mol. The summed E-state index contributed by atoms with van der Waals surface area (Å²) >= 11 is 0. The normalized spacial score (nSPS) is 12.6. The highest BCUT2D eigenvalue weighted by Crippen LogP contribution is 2.29. The van der Waals surface area contributed by atoms with E-state index in [0.717, 1.165) is 16.7 Å². The quantitative estimate of drug-likeness (QED) is 0.273. The number of ether oxygens (including phenoxy) is 2. The van der Waals surface area contributed by atoms with Crippen LogP contribution in [0.25, 0.3) is 11.3 Å². The summed E-state index contributed by atoms with van der Waals surface area (Å²) in [5, 5.41) is 12.3. The lowest BCUT2D eigenvalue weighted by atomic mass is 10.00. The summed E-state index contributed by atoms with van der Waals surface area (Å²) in [6.45, 7) is 13.1. The third-order valence-electron chi connectivity index (χ3n) is 5.97. The highest BCUT2D eigenvalue weighted by atomic mass is 32.2. The van der Waals surface area contributed by atoms with Crippen LogP contribution in [-0.4, -0.2) is 47.8 Å². The fraction of sp³-hybridized carbons (Fsp3) is 0.433. The number of aromatic nitrogens is 2. The molecule has 0 saturated heterocycles. The van der Waals surface area contributed by atoms with Gasteiger partial charge in [-0.15, -0.1) is 0 Å². The molecule has 2 aromatic carbocycles.